The van der Waals surface area contributed by atoms with Crippen LogP contribution in [0.2, 0.25) is 0 Å². The van der Waals surface area contributed by atoms with Crippen molar-refractivity contribution in [1.29, 1.82) is 0 Å². The van der Waals surface area contributed by atoms with Crippen molar-refractivity contribution in [3.05, 3.63) is 0 Å². The zero-order valence-electron chi connectivity index (χ0n) is 12.0. The van der Waals surface area contributed by atoms with Crippen LogP contribution in [0.3, 0.4) is 0 Å². The molecular weight excluding hydrogens is 224 g/mol. The molecule has 0 aromatic carbocycles. The molecule has 2 saturated heterocycles. The molecule has 3 heteroatoms. The molecule has 2 aliphatic rings. The van der Waals surface area contributed by atoms with Crippen molar-refractivity contribution >= 4 is 5.91 Å². The molecule has 0 aliphatic carbocycles. The molecule has 0 bridgehead atoms. The lowest BCUT2D eigenvalue weighted by atomic mass is 9.99. The Kier molecular flexibility index (Phi) is 5.04. The molecule has 0 aromatic rings. The first-order valence-electron chi connectivity index (χ1n) is 7.71. The molecule has 0 radical (unpaired) electrons. The van der Waals surface area contributed by atoms with Crippen molar-refractivity contribution in [3.63, 3.8) is 0 Å². The van der Waals surface area contributed by atoms with Gasteiger partial charge in [-0.3, -0.25) is 4.79 Å². The van der Waals surface area contributed by atoms with Crippen LogP contribution < -0.4 is 5.32 Å². The van der Waals surface area contributed by atoms with E-state index in [1.807, 2.05) is 0 Å². The molecule has 2 unspecified atom stereocenters. The quantitative estimate of drug-likeness (QED) is 0.834. The smallest absolute Gasteiger partial charge is 0.222 e. The SMILES string of the molecule is CC(C)C1CCCN1C(=O)CCC1CCCCN1. The summed E-state index contributed by atoms with van der Waals surface area (Å²) in [5, 5.41) is 3.53. The summed E-state index contributed by atoms with van der Waals surface area (Å²) in [5.41, 5.74) is 0. The lowest BCUT2D eigenvalue weighted by Crippen LogP contribution is -2.40. The molecule has 2 atom stereocenters. The van der Waals surface area contributed by atoms with Gasteiger partial charge in [0.25, 0.3) is 0 Å². The molecule has 0 aromatic heterocycles. The number of amides is 1. The Morgan fingerprint density at radius 2 is 2.11 bits per heavy atom. The summed E-state index contributed by atoms with van der Waals surface area (Å²) in [6, 6.07) is 1.08. The normalized spacial score (nSPS) is 28.9. The van der Waals surface area contributed by atoms with Gasteiger partial charge < -0.3 is 10.2 Å². The third-order valence-corrected chi connectivity index (χ3v) is 4.51. The molecule has 2 fully saturated rings. The van der Waals surface area contributed by atoms with E-state index in [4.69, 9.17) is 0 Å². The van der Waals surface area contributed by atoms with Gasteiger partial charge in [-0.05, 0) is 44.6 Å². The van der Waals surface area contributed by atoms with Gasteiger partial charge in [-0.1, -0.05) is 20.3 Å². The maximum Gasteiger partial charge on any atom is 0.222 e. The lowest BCUT2D eigenvalue weighted by molar-refractivity contribution is -0.133. The summed E-state index contributed by atoms with van der Waals surface area (Å²) in [4.78, 5) is 14.4. The highest BCUT2D eigenvalue weighted by Gasteiger charge is 2.30. The number of nitrogens with zero attached hydrogens (tertiary/aromatic N) is 1. The predicted molar refractivity (Wildman–Crippen MR) is 74.4 cm³/mol. The van der Waals surface area contributed by atoms with E-state index in [2.05, 4.69) is 24.1 Å². The third-order valence-electron chi connectivity index (χ3n) is 4.51. The minimum absolute atomic E-state index is 0.388. The third kappa shape index (κ3) is 3.47. The molecule has 18 heavy (non-hydrogen) atoms. The summed E-state index contributed by atoms with van der Waals surface area (Å²) in [6.45, 7) is 6.59. The van der Waals surface area contributed by atoms with Crippen LogP contribution in [-0.2, 0) is 4.79 Å². The Hall–Kier alpha value is -0.570. The number of nitrogens with one attached hydrogen (secondary N) is 1. The maximum absolute atomic E-state index is 12.3. The Balaban J connectivity index is 1.76. The number of piperidine rings is 1. The first-order valence-corrected chi connectivity index (χ1v) is 7.71. The summed E-state index contributed by atoms with van der Waals surface area (Å²) in [7, 11) is 0. The van der Waals surface area contributed by atoms with E-state index in [0.29, 0.717) is 23.9 Å². The molecule has 1 amide bonds. The van der Waals surface area contributed by atoms with Crippen LogP contribution in [0.1, 0.15) is 58.8 Å². The summed E-state index contributed by atoms with van der Waals surface area (Å²) >= 11 is 0. The summed E-state index contributed by atoms with van der Waals surface area (Å²) < 4.78 is 0. The average Bonchev–Trinajstić information content (AvgIpc) is 2.86. The van der Waals surface area contributed by atoms with Gasteiger partial charge in [0.2, 0.25) is 5.91 Å². The second-order valence-electron chi connectivity index (χ2n) is 6.23. The van der Waals surface area contributed by atoms with Gasteiger partial charge in [0, 0.05) is 25.0 Å². The number of hydrogen-bond acceptors (Lipinski definition) is 2. The van der Waals surface area contributed by atoms with Gasteiger partial charge >= 0.3 is 0 Å². The highest BCUT2D eigenvalue weighted by molar-refractivity contribution is 5.76. The molecular formula is C15H28N2O. The van der Waals surface area contributed by atoms with Crippen molar-refractivity contribution in [2.24, 2.45) is 5.92 Å². The molecule has 3 nitrogen and oxygen atoms in total. The molecule has 2 rings (SSSR count). The Labute approximate surface area is 111 Å². The molecule has 1 N–H and O–H groups in total. The van der Waals surface area contributed by atoms with Crippen molar-refractivity contribution in [2.45, 2.75) is 70.9 Å². The second-order valence-corrected chi connectivity index (χ2v) is 6.23. The van der Waals surface area contributed by atoms with E-state index in [1.165, 1.54) is 32.1 Å². The van der Waals surface area contributed by atoms with E-state index >= 15 is 0 Å². The van der Waals surface area contributed by atoms with Gasteiger partial charge in [0.15, 0.2) is 0 Å². The van der Waals surface area contributed by atoms with E-state index in [1.54, 1.807) is 0 Å². The standard InChI is InChI=1S/C15H28N2O/c1-12(2)14-7-5-11-17(14)15(18)9-8-13-6-3-4-10-16-13/h12-14,16H,3-11H2,1-2H3. The molecule has 104 valence electrons. The van der Waals surface area contributed by atoms with Gasteiger partial charge in [-0.2, -0.15) is 0 Å². The van der Waals surface area contributed by atoms with Crippen molar-refractivity contribution in [2.75, 3.05) is 13.1 Å². The zero-order chi connectivity index (χ0) is 13.0. The number of hydrogen-bond donors (Lipinski definition) is 1. The minimum atomic E-state index is 0.388. The highest BCUT2D eigenvalue weighted by Crippen LogP contribution is 2.25. The van der Waals surface area contributed by atoms with Gasteiger partial charge in [0.05, 0.1) is 0 Å². The van der Waals surface area contributed by atoms with Crippen LogP contribution in [0.5, 0.6) is 0 Å². The van der Waals surface area contributed by atoms with Crippen LogP contribution >= 0.6 is 0 Å². The number of carbonyl (C=O) groups is 1. The topological polar surface area (TPSA) is 32.3 Å². The van der Waals surface area contributed by atoms with E-state index in [9.17, 15) is 4.79 Å². The zero-order valence-corrected chi connectivity index (χ0v) is 12.0. The van der Waals surface area contributed by atoms with E-state index < -0.39 is 0 Å². The van der Waals surface area contributed by atoms with Crippen molar-refractivity contribution < 1.29 is 4.79 Å². The molecule has 2 heterocycles. The highest BCUT2D eigenvalue weighted by atomic mass is 16.2. The fourth-order valence-electron chi connectivity index (χ4n) is 3.41. The summed E-state index contributed by atoms with van der Waals surface area (Å²) in [6.07, 6.45) is 8.03. The van der Waals surface area contributed by atoms with Crippen molar-refractivity contribution in [3.8, 4) is 0 Å². The fraction of sp³-hybridized carbons (Fsp3) is 0.933. The van der Waals surface area contributed by atoms with E-state index in [0.717, 1.165) is 25.9 Å². The molecule has 0 saturated carbocycles. The van der Waals surface area contributed by atoms with Crippen LogP contribution in [0.4, 0.5) is 0 Å². The van der Waals surface area contributed by atoms with Gasteiger partial charge in [-0.15, -0.1) is 0 Å². The summed E-state index contributed by atoms with van der Waals surface area (Å²) in [5.74, 6) is 0.989. The molecule has 2 aliphatic heterocycles. The number of carbonyl (C=O) groups excluding carboxylic acids is 1. The maximum atomic E-state index is 12.3. The minimum Gasteiger partial charge on any atom is -0.339 e. The lowest BCUT2D eigenvalue weighted by Gasteiger charge is -2.29. The fourth-order valence-corrected chi connectivity index (χ4v) is 3.41. The monoisotopic (exact) mass is 252 g/mol. The van der Waals surface area contributed by atoms with Crippen LogP contribution in [0, 0.1) is 5.92 Å². The second kappa shape index (κ2) is 6.55. The Morgan fingerprint density at radius 3 is 2.78 bits per heavy atom. The van der Waals surface area contributed by atoms with Crippen LogP contribution in [0.15, 0.2) is 0 Å². The Bertz CT molecular complexity index is 272. The average molecular weight is 252 g/mol. The van der Waals surface area contributed by atoms with Gasteiger partial charge in [-0.25, -0.2) is 0 Å². The first kappa shape index (κ1) is 13.9. The molecule has 0 spiro atoms. The van der Waals surface area contributed by atoms with Gasteiger partial charge in [0.1, 0.15) is 0 Å². The number of likely N-dealkylation sites (tertiary alicyclic amines) is 1. The first-order chi connectivity index (χ1) is 8.68. The van der Waals surface area contributed by atoms with Crippen LogP contribution in [-0.4, -0.2) is 36.0 Å². The Morgan fingerprint density at radius 1 is 1.28 bits per heavy atom. The van der Waals surface area contributed by atoms with E-state index in [-0.39, 0.29) is 0 Å². The predicted octanol–water partition coefficient (Wildman–Crippen LogP) is 2.56. The largest absolute Gasteiger partial charge is 0.339 e. The van der Waals surface area contributed by atoms with Crippen LogP contribution in [0.25, 0.3) is 0 Å². The van der Waals surface area contributed by atoms with Crippen molar-refractivity contribution in [1.82, 2.24) is 10.2 Å². The number of rotatable bonds is 4.